The maximum absolute atomic E-state index is 12.3. The molecule has 1 aromatic rings. The highest BCUT2D eigenvalue weighted by molar-refractivity contribution is 5.89. The van der Waals surface area contributed by atoms with Gasteiger partial charge in [0.05, 0.1) is 0 Å². The third-order valence-electron chi connectivity index (χ3n) is 5.25. The van der Waals surface area contributed by atoms with Crippen molar-refractivity contribution in [3.05, 3.63) is 24.3 Å². The quantitative estimate of drug-likeness (QED) is 0.835. The lowest BCUT2D eigenvalue weighted by Crippen LogP contribution is -2.35. The molecule has 0 unspecified atom stereocenters. The van der Waals surface area contributed by atoms with Crippen LogP contribution in [0.15, 0.2) is 24.3 Å². The Morgan fingerprint density at radius 2 is 1.64 bits per heavy atom. The summed E-state index contributed by atoms with van der Waals surface area (Å²) in [6.45, 7) is 4.56. The third-order valence-corrected chi connectivity index (χ3v) is 5.25. The molecule has 2 amide bonds. The number of carbonyl (C=O) groups is 1. The Bertz CT molecular complexity index is 518. The first-order valence-corrected chi connectivity index (χ1v) is 9.79. The van der Waals surface area contributed by atoms with Gasteiger partial charge in [-0.25, -0.2) is 4.79 Å². The number of anilines is 2. The van der Waals surface area contributed by atoms with E-state index in [-0.39, 0.29) is 6.03 Å². The van der Waals surface area contributed by atoms with E-state index in [2.05, 4.69) is 10.6 Å². The molecule has 2 aliphatic heterocycles. The molecule has 0 spiro atoms. The lowest BCUT2D eigenvalue weighted by atomic mass is 9.97. The fraction of sp³-hybridized carbons (Fsp3) is 0.650. The van der Waals surface area contributed by atoms with Gasteiger partial charge in [0.2, 0.25) is 0 Å². The van der Waals surface area contributed by atoms with Gasteiger partial charge >= 0.3 is 6.03 Å². The molecule has 0 aliphatic carbocycles. The minimum atomic E-state index is 0.0297. The zero-order chi connectivity index (χ0) is 17.3. The van der Waals surface area contributed by atoms with Crippen LogP contribution in [0.3, 0.4) is 0 Å². The van der Waals surface area contributed by atoms with Crippen molar-refractivity contribution < 1.29 is 9.53 Å². The molecule has 0 saturated carbocycles. The highest BCUT2D eigenvalue weighted by atomic mass is 16.5. The molecule has 2 N–H and O–H groups in total. The number of benzene rings is 1. The number of carbonyl (C=O) groups excluding carboxylic acids is 1. The molecule has 1 aromatic carbocycles. The van der Waals surface area contributed by atoms with Crippen molar-refractivity contribution in [3.8, 4) is 0 Å². The van der Waals surface area contributed by atoms with Crippen molar-refractivity contribution >= 4 is 17.4 Å². The third kappa shape index (κ3) is 5.92. The summed E-state index contributed by atoms with van der Waals surface area (Å²) in [5.41, 5.74) is 1.98. The van der Waals surface area contributed by atoms with Gasteiger partial charge in [0.1, 0.15) is 0 Å². The molecule has 138 valence electrons. The van der Waals surface area contributed by atoms with E-state index in [0.29, 0.717) is 0 Å². The number of nitrogens with zero attached hydrogens (tertiary/aromatic N) is 1. The average Bonchev–Trinajstić information content (AvgIpc) is 2.94. The predicted octanol–water partition coefficient (Wildman–Crippen LogP) is 4.32. The summed E-state index contributed by atoms with van der Waals surface area (Å²) in [4.78, 5) is 14.3. The summed E-state index contributed by atoms with van der Waals surface area (Å²) >= 11 is 0. The van der Waals surface area contributed by atoms with Crippen LogP contribution in [-0.2, 0) is 4.74 Å². The largest absolute Gasteiger partial charge is 0.385 e. The van der Waals surface area contributed by atoms with E-state index in [4.69, 9.17) is 4.74 Å². The Hall–Kier alpha value is -1.75. The maximum Gasteiger partial charge on any atom is 0.321 e. The van der Waals surface area contributed by atoms with E-state index < -0.39 is 0 Å². The predicted molar refractivity (Wildman–Crippen MR) is 102 cm³/mol. The number of hydrogen-bond donors (Lipinski definition) is 2. The number of nitrogens with one attached hydrogen (secondary N) is 2. The number of likely N-dealkylation sites (tertiary alicyclic amines) is 1. The van der Waals surface area contributed by atoms with E-state index in [1.807, 2.05) is 29.2 Å². The molecule has 2 heterocycles. The van der Waals surface area contributed by atoms with Crippen LogP contribution in [-0.4, -0.2) is 43.8 Å². The number of rotatable bonds is 5. The molecule has 0 aromatic heterocycles. The van der Waals surface area contributed by atoms with Crippen LogP contribution in [0, 0.1) is 5.92 Å². The smallest absolute Gasteiger partial charge is 0.321 e. The normalized spacial score (nSPS) is 19.3. The molecule has 2 aliphatic rings. The van der Waals surface area contributed by atoms with Crippen molar-refractivity contribution in [1.29, 1.82) is 0 Å². The molecule has 5 nitrogen and oxygen atoms in total. The van der Waals surface area contributed by atoms with Gasteiger partial charge in [-0.2, -0.15) is 0 Å². The first-order chi connectivity index (χ1) is 12.3. The zero-order valence-electron chi connectivity index (χ0n) is 15.1. The van der Waals surface area contributed by atoms with Crippen LogP contribution in [0.25, 0.3) is 0 Å². The average molecular weight is 345 g/mol. The zero-order valence-corrected chi connectivity index (χ0v) is 15.1. The summed E-state index contributed by atoms with van der Waals surface area (Å²) in [5.74, 6) is 0.786. The van der Waals surface area contributed by atoms with Crippen molar-refractivity contribution in [2.45, 2.75) is 44.9 Å². The lowest BCUT2D eigenvalue weighted by molar-refractivity contribution is 0.0649. The summed E-state index contributed by atoms with van der Waals surface area (Å²) in [6.07, 6.45) is 8.26. The van der Waals surface area contributed by atoms with Gasteiger partial charge in [-0.1, -0.05) is 12.8 Å². The van der Waals surface area contributed by atoms with Crippen molar-refractivity contribution in [2.75, 3.05) is 43.5 Å². The van der Waals surface area contributed by atoms with Crippen molar-refractivity contribution in [2.24, 2.45) is 5.92 Å². The summed E-state index contributed by atoms with van der Waals surface area (Å²) < 4.78 is 5.40. The molecule has 2 fully saturated rings. The highest BCUT2D eigenvalue weighted by Crippen LogP contribution is 2.20. The SMILES string of the molecule is O=C(Nc1ccc(NCCC2CCOCC2)cc1)N1CCCCCC1. The molecule has 2 saturated heterocycles. The van der Waals surface area contributed by atoms with Crippen LogP contribution >= 0.6 is 0 Å². The van der Waals surface area contributed by atoms with Gasteiger partial charge in [0.25, 0.3) is 0 Å². The van der Waals surface area contributed by atoms with Gasteiger partial charge in [-0.05, 0) is 62.3 Å². The minimum Gasteiger partial charge on any atom is -0.385 e. The van der Waals surface area contributed by atoms with Gasteiger partial charge in [-0.15, -0.1) is 0 Å². The number of amides is 2. The fourth-order valence-corrected chi connectivity index (χ4v) is 3.60. The topological polar surface area (TPSA) is 53.6 Å². The summed E-state index contributed by atoms with van der Waals surface area (Å²) in [5, 5.41) is 6.50. The molecule has 3 rings (SSSR count). The van der Waals surface area contributed by atoms with Crippen LogP contribution in [0.2, 0.25) is 0 Å². The first-order valence-electron chi connectivity index (χ1n) is 9.79. The Balaban J connectivity index is 1.41. The Kier molecular flexibility index (Phi) is 6.98. The molecular weight excluding hydrogens is 314 g/mol. The van der Waals surface area contributed by atoms with Crippen LogP contribution in [0.5, 0.6) is 0 Å². The van der Waals surface area contributed by atoms with Crippen LogP contribution < -0.4 is 10.6 Å². The van der Waals surface area contributed by atoms with Crippen molar-refractivity contribution in [3.63, 3.8) is 0 Å². The van der Waals surface area contributed by atoms with Crippen LogP contribution in [0.4, 0.5) is 16.2 Å². The van der Waals surface area contributed by atoms with E-state index >= 15 is 0 Å². The number of hydrogen-bond acceptors (Lipinski definition) is 3. The maximum atomic E-state index is 12.3. The lowest BCUT2D eigenvalue weighted by Gasteiger charge is -2.22. The first kappa shape index (κ1) is 18.1. The molecule has 0 atom stereocenters. The second-order valence-corrected chi connectivity index (χ2v) is 7.18. The fourth-order valence-electron chi connectivity index (χ4n) is 3.60. The standard InChI is InChI=1S/C20H31N3O2/c24-20(23-13-3-1-2-4-14-23)22-19-7-5-18(6-8-19)21-12-9-17-10-15-25-16-11-17/h5-8,17,21H,1-4,9-16H2,(H,22,24). The van der Waals surface area contributed by atoms with E-state index in [0.717, 1.165) is 63.0 Å². The molecule has 0 bridgehead atoms. The molecule has 0 radical (unpaired) electrons. The van der Waals surface area contributed by atoms with E-state index in [9.17, 15) is 4.79 Å². The van der Waals surface area contributed by atoms with E-state index in [1.165, 1.54) is 32.1 Å². The number of ether oxygens (including phenoxy) is 1. The second kappa shape index (κ2) is 9.66. The Labute approximate surface area is 151 Å². The Morgan fingerprint density at radius 1 is 1.00 bits per heavy atom. The second-order valence-electron chi connectivity index (χ2n) is 7.18. The Morgan fingerprint density at radius 3 is 2.32 bits per heavy atom. The molecule has 5 heteroatoms. The van der Waals surface area contributed by atoms with Crippen molar-refractivity contribution in [1.82, 2.24) is 4.90 Å². The summed E-state index contributed by atoms with van der Waals surface area (Å²) in [6, 6.07) is 8.07. The molecular formula is C20H31N3O2. The number of urea groups is 1. The monoisotopic (exact) mass is 345 g/mol. The summed E-state index contributed by atoms with van der Waals surface area (Å²) in [7, 11) is 0. The van der Waals surface area contributed by atoms with Crippen LogP contribution in [0.1, 0.15) is 44.9 Å². The van der Waals surface area contributed by atoms with E-state index in [1.54, 1.807) is 0 Å². The highest BCUT2D eigenvalue weighted by Gasteiger charge is 2.15. The van der Waals surface area contributed by atoms with Gasteiger partial charge in [-0.3, -0.25) is 0 Å². The van der Waals surface area contributed by atoms with Gasteiger partial charge < -0.3 is 20.3 Å². The van der Waals surface area contributed by atoms with Gasteiger partial charge in [0, 0.05) is 44.2 Å². The minimum absolute atomic E-state index is 0.0297. The molecule has 25 heavy (non-hydrogen) atoms. The van der Waals surface area contributed by atoms with Gasteiger partial charge in [0.15, 0.2) is 0 Å².